The van der Waals surface area contributed by atoms with Crippen LogP contribution in [0.25, 0.3) is 21.9 Å². The summed E-state index contributed by atoms with van der Waals surface area (Å²) >= 11 is 0. The highest BCUT2D eigenvalue weighted by Gasteiger charge is 2.19. The zero-order valence-electron chi connectivity index (χ0n) is 20.5. The van der Waals surface area contributed by atoms with E-state index in [1.807, 2.05) is 6.07 Å². The van der Waals surface area contributed by atoms with Crippen molar-refractivity contribution in [2.75, 3.05) is 37.9 Å². The first kappa shape index (κ1) is 23.4. The number of ether oxygens (including phenoxy) is 2. The van der Waals surface area contributed by atoms with Crippen LogP contribution in [0.1, 0.15) is 37.3 Å². The SMILES string of the molecule is CCCCNc1nc(N)nc2c3ccccc3n(Cc3cc(CNC4CCOC4)ccc3OC)c12. The first-order valence-electron chi connectivity index (χ1n) is 12.4. The molecule has 0 spiro atoms. The van der Waals surface area contributed by atoms with Crippen molar-refractivity contribution in [2.45, 2.75) is 45.3 Å². The predicted molar refractivity (Wildman–Crippen MR) is 141 cm³/mol. The lowest BCUT2D eigenvalue weighted by Gasteiger charge is -2.16. The van der Waals surface area contributed by atoms with Gasteiger partial charge in [0, 0.05) is 36.7 Å². The van der Waals surface area contributed by atoms with E-state index in [1.165, 1.54) is 5.56 Å². The van der Waals surface area contributed by atoms with Gasteiger partial charge in [-0.15, -0.1) is 0 Å². The molecule has 1 aliphatic heterocycles. The number of aromatic nitrogens is 3. The molecule has 3 heterocycles. The number of nitrogens with two attached hydrogens (primary N) is 1. The molecule has 1 fully saturated rings. The van der Waals surface area contributed by atoms with Crippen LogP contribution in [0.5, 0.6) is 5.75 Å². The van der Waals surface area contributed by atoms with Gasteiger partial charge in [0.2, 0.25) is 5.95 Å². The van der Waals surface area contributed by atoms with Crippen molar-refractivity contribution in [3.63, 3.8) is 0 Å². The minimum absolute atomic E-state index is 0.279. The molecule has 1 unspecified atom stereocenters. The molecule has 1 atom stereocenters. The molecule has 4 aromatic rings. The summed E-state index contributed by atoms with van der Waals surface area (Å²) in [5, 5.41) is 8.17. The second-order valence-electron chi connectivity index (χ2n) is 9.10. The average molecular weight is 475 g/mol. The lowest BCUT2D eigenvalue weighted by molar-refractivity contribution is 0.190. The predicted octanol–water partition coefficient (Wildman–Crippen LogP) is 4.31. The molecule has 8 heteroatoms. The standard InChI is InChI=1S/C27H34N6O2/c1-3-4-12-29-26-25-24(31-27(28)32-26)21-7-5-6-8-22(21)33(25)16-19-14-18(9-10-23(19)34-2)15-30-20-11-13-35-17-20/h5-10,14,20,30H,3-4,11-13,15-17H2,1-2H3,(H3,28,29,31,32). The number of fused-ring (bicyclic) bond motifs is 3. The molecular weight excluding hydrogens is 440 g/mol. The van der Waals surface area contributed by atoms with Crippen LogP contribution in [0.15, 0.2) is 42.5 Å². The van der Waals surface area contributed by atoms with E-state index in [4.69, 9.17) is 15.2 Å². The van der Waals surface area contributed by atoms with Crippen LogP contribution >= 0.6 is 0 Å². The van der Waals surface area contributed by atoms with E-state index in [-0.39, 0.29) is 5.95 Å². The number of unbranched alkanes of at least 4 members (excludes halogenated alkanes) is 1. The Labute approximate surface area is 205 Å². The highest BCUT2D eigenvalue weighted by Crippen LogP contribution is 2.34. The van der Waals surface area contributed by atoms with Crippen LogP contribution in [-0.4, -0.2) is 47.4 Å². The number of nitrogens with zero attached hydrogens (tertiary/aromatic N) is 3. The van der Waals surface area contributed by atoms with Crippen molar-refractivity contribution in [1.29, 1.82) is 0 Å². The zero-order chi connectivity index (χ0) is 24.2. The first-order chi connectivity index (χ1) is 17.2. The molecular formula is C27H34N6O2. The van der Waals surface area contributed by atoms with Crippen LogP contribution < -0.4 is 21.1 Å². The van der Waals surface area contributed by atoms with E-state index in [9.17, 15) is 0 Å². The minimum atomic E-state index is 0.279. The van der Waals surface area contributed by atoms with Gasteiger partial charge in [-0.25, -0.2) is 4.98 Å². The number of anilines is 2. The molecule has 2 aromatic carbocycles. The average Bonchev–Trinajstić information content (AvgIpc) is 3.50. The van der Waals surface area contributed by atoms with Crippen molar-refractivity contribution < 1.29 is 9.47 Å². The van der Waals surface area contributed by atoms with Crippen molar-refractivity contribution >= 4 is 33.7 Å². The van der Waals surface area contributed by atoms with Gasteiger partial charge in [0.05, 0.1) is 25.8 Å². The summed E-state index contributed by atoms with van der Waals surface area (Å²) in [4.78, 5) is 9.23. The lowest BCUT2D eigenvalue weighted by atomic mass is 10.1. The number of hydrogen-bond acceptors (Lipinski definition) is 7. The molecule has 2 aromatic heterocycles. The van der Waals surface area contributed by atoms with E-state index in [0.717, 1.165) is 84.6 Å². The molecule has 0 radical (unpaired) electrons. The molecule has 5 rings (SSSR count). The molecule has 0 aliphatic carbocycles. The van der Waals surface area contributed by atoms with E-state index >= 15 is 0 Å². The normalized spacial score (nSPS) is 15.8. The topological polar surface area (TPSA) is 99.2 Å². The molecule has 4 N–H and O–H groups in total. The van der Waals surface area contributed by atoms with Crippen LogP contribution in [0.2, 0.25) is 0 Å². The summed E-state index contributed by atoms with van der Waals surface area (Å²) in [6, 6.07) is 15.1. The Balaban J connectivity index is 1.56. The lowest BCUT2D eigenvalue weighted by Crippen LogP contribution is -2.28. The Morgan fingerprint density at radius 1 is 1.20 bits per heavy atom. The summed E-state index contributed by atoms with van der Waals surface area (Å²) in [5.74, 6) is 1.91. The maximum Gasteiger partial charge on any atom is 0.222 e. The molecule has 184 valence electrons. The first-order valence-corrected chi connectivity index (χ1v) is 12.4. The van der Waals surface area contributed by atoms with Gasteiger partial charge in [0.1, 0.15) is 16.8 Å². The van der Waals surface area contributed by atoms with Gasteiger partial charge in [-0.3, -0.25) is 0 Å². The summed E-state index contributed by atoms with van der Waals surface area (Å²) in [6.07, 6.45) is 3.21. The van der Waals surface area contributed by atoms with Crippen LogP contribution in [0.3, 0.4) is 0 Å². The monoisotopic (exact) mass is 474 g/mol. The summed E-state index contributed by atoms with van der Waals surface area (Å²) < 4.78 is 13.5. The van der Waals surface area contributed by atoms with Crippen molar-refractivity contribution in [3.8, 4) is 5.75 Å². The van der Waals surface area contributed by atoms with Crippen molar-refractivity contribution in [1.82, 2.24) is 19.9 Å². The fourth-order valence-electron chi connectivity index (χ4n) is 4.81. The van der Waals surface area contributed by atoms with Crippen molar-refractivity contribution in [3.05, 3.63) is 53.6 Å². The summed E-state index contributed by atoms with van der Waals surface area (Å²) in [7, 11) is 1.72. The third kappa shape index (κ3) is 4.90. The van der Waals surface area contributed by atoms with Crippen molar-refractivity contribution in [2.24, 2.45) is 0 Å². The molecule has 1 aliphatic rings. The van der Waals surface area contributed by atoms with Crippen LogP contribution in [0, 0.1) is 0 Å². The quantitative estimate of drug-likeness (QED) is 0.295. The molecule has 0 amide bonds. The number of methoxy groups -OCH3 is 1. The smallest absolute Gasteiger partial charge is 0.222 e. The van der Waals surface area contributed by atoms with Gasteiger partial charge in [-0.1, -0.05) is 37.6 Å². The summed E-state index contributed by atoms with van der Waals surface area (Å²) in [5.41, 5.74) is 11.4. The number of para-hydroxylation sites is 1. The van der Waals surface area contributed by atoms with Gasteiger partial charge in [0.15, 0.2) is 5.82 Å². The zero-order valence-corrected chi connectivity index (χ0v) is 20.5. The fraction of sp³-hybridized carbons (Fsp3) is 0.407. The minimum Gasteiger partial charge on any atom is -0.496 e. The number of nitrogen functional groups attached to an aromatic ring is 1. The Hall–Kier alpha value is -3.36. The van der Waals surface area contributed by atoms with Gasteiger partial charge in [0.25, 0.3) is 0 Å². The Kier molecular flexibility index (Phi) is 7.01. The van der Waals surface area contributed by atoms with E-state index in [2.05, 4.69) is 68.5 Å². The Morgan fingerprint density at radius 2 is 2.09 bits per heavy atom. The molecule has 0 bridgehead atoms. The summed E-state index contributed by atoms with van der Waals surface area (Å²) in [6.45, 7) is 6.04. The number of benzene rings is 2. The highest BCUT2D eigenvalue weighted by molar-refractivity contribution is 6.09. The van der Waals surface area contributed by atoms with Crippen LogP contribution in [0.4, 0.5) is 11.8 Å². The second-order valence-corrected chi connectivity index (χ2v) is 9.10. The third-order valence-corrected chi connectivity index (χ3v) is 6.64. The largest absolute Gasteiger partial charge is 0.496 e. The highest BCUT2D eigenvalue weighted by atomic mass is 16.5. The number of hydrogen-bond donors (Lipinski definition) is 3. The number of nitrogens with one attached hydrogen (secondary N) is 2. The Morgan fingerprint density at radius 3 is 2.89 bits per heavy atom. The van der Waals surface area contributed by atoms with Gasteiger partial charge < -0.3 is 30.4 Å². The Bertz CT molecular complexity index is 1310. The van der Waals surface area contributed by atoms with Gasteiger partial charge >= 0.3 is 0 Å². The maximum atomic E-state index is 6.12. The third-order valence-electron chi connectivity index (χ3n) is 6.64. The van der Waals surface area contributed by atoms with E-state index in [0.29, 0.717) is 12.6 Å². The van der Waals surface area contributed by atoms with Gasteiger partial charge in [-0.05, 0) is 36.6 Å². The number of rotatable bonds is 10. The molecule has 35 heavy (non-hydrogen) atoms. The molecule has 1 saturated heterocycles. The molecule has 0 saturated carbocycles. The second kappa shape index (κ2) is 10.5. The van der Waals surface area contributed by atoms with E-state index < -0.39 is 0 Å². The fourth-order valence-corrected chi connectivity index (χ4v) is 4.81. The van der Waals surface area contributed by atoms with Crippen LogP contribution in [-0.2, 0) is 17.8 Å². The maximum absolute atomic E-state index is 6.12. The van der Waals surface area contributed by atoms with Gasteiger partial charge in [-0.2, -0.15) is 4.98 Å². The van der Waals surface area contributed by atoms with E-state index in [1.54, 1.807) is 7.11 Å². The molecule has 8 nitrogen and oxygen atoms in total.